The number of hydrogen-bond acceptors (Lipinski definition) is 1. The molecular formula is C17H13ClO. The van der Waals surface area contributed by atoms with E-state index in [9.17, 15) is 4.79 Å². The van der Waals surface area contributed by atoms with E-state index in [-0.39, 0.29) is 5.78 Å². The van der Waals surface area contributed by atoms with Crippen LogP contribution in [0.3, 0.4) is 0 Å². The lowest BCUT2D eigenvalue weighted by molar-refractivity contribution is 0.104. The molecule has 2 heteroatoms. The maximum absolute atomic E-state index is 11.9. The van der Waals surface area contributed by atoms with Crippen molar-refractivity contribution >= 4 is 29.5 Å². The minimum Gasteiger partial charge on any atom is -0.289 e. The Morgan fingerprint density at radius 2 is 1.53 bits per heavy atom. The number of halogens is 1. The van der Waals surface area contributed by atoms with Crippen molar-refractivity contribution < 1.29 is 4.79 Å². The summed E-state index contributed by atoms with van der Waals surface area (Å²) < 4.78 is 0. The molecule has 0 heterocycles. The molecule has 19 heavy (non-hydrogen) atoms. The van der Waals surface area contributed by atoms with Crippen LogP contribution in [0.2, 0.25) is 5.02 Å². The first-order chi connectivity index (χ1) is 9.19. The number of benzene rings is 2. The Balaban J connectivity index is 2.11. The third-order valence-corrected chi connectivity index (χ3v) is 2.98. The quantitative estimate of drug-likeness (QED) is 0.571. The molecule has 2 aromatic rings. The predicted molar refractivity (Wildman–Crippen MR) is 81.3 cm³/mol. The molecule has 0 bridgehead atoms. The van der Waals surface area contributed by atoms with Gasteiger partial charge in [-0.2, -0.15) is 0 Å². The highest BCUT2D eigenvalue weighted by atomic mass is 35.5. The lowest BCUT2D eigenvalue weighted by Gasteiger charge is -1.97. The van der Waals surface area contributed by atoms with Gasteiger partial charge in [-0.15, -0.1) is 0 Å². The molecule has 0 radical (unpaired) electrons. The van der Waals surface area contributed by atoms with Crippen molar-refractivity contribution in [3.8, 4) is 0 Å². The van der Waals surface area contributed by atoms with Gasteiger partial charge in [0.15, 0.2) is 5.78 Å². The van der Waals surface area contributed by atoms with Crippen LogP contribution in [0.25, 0.3) is 12.2 Å². The zero-order valence-corrected chi connectivity index (χ0v) is 11.1. The van der Waals surface area contributed by atoms with Crippen molar-refractivity contribution in [2.75, 3.05) is 0 Å². The van der Waals surface area contributed by atoms with Crippen LogP contribution >= 0.6 is 11.6 Å². The average molecular weight is 269 g/mol. The summed E-state index contributed by atoms with van der Waals surface area (Å²) in [7, 11) is 0. The SMILES string of the molecule is C=Cc1ccc(C(=O)C=Cc2ccc(Cl)cc2)cc1. The highest BCUT2D eigenvalue weighted by molar-refractivity contribution is 6.30. The molecule has 0 amide bonds. The number of carbonyl (C=O) groups is 1. The number of allylic oxidation sites excluding steroid dienone is 1. The van der Waals surface area contributed by atoms with Crippen LogP contribution in [0.1, 0.15) is 21.5 Å². The van der Waals surface area contributed by atoms with E-state index in [1.54, 1.807) is 42.5 Å². The lowest BCUT2D eigenvalue weighted by atomic mass is 10.1. The fraction of sp³-hybridized carbons (Fsp3) is 0. The first-order valence-electron chi connectivity index (χ1n) is 5.89. The Hall–Kier alpha value is -2.12. The van der Waals surface area contributed by atoms with Gasteiger partial charge in [-0.3, -0.25) is 4.79 Å². The summed E-state index contributed by atoms with van der Waals surface area (Å²) in [5.41, 5.74) is 2.61. The maximum Gasteiger partial charge on any atom is 0.185 e. The molecule has 0 atom stereocenters. The molecule has 0 saturated heterocycles. The summed E-state index contributed by atoms with van der Waals surface area (Å²) in [6.45, 7) is 3.68. The van der Waals surface area contributed by atoms with Crippen LogP contribution < -0.4 is 0 Å². The minimum atomic E-state index is -0.0226. The van der Waals surface area contributed by atoms with E-state index in [1.807, 2.05) is 24.3 Å². The lowest BCUT2D eigenvalue weighted by Crippen LogP contribution is -1.93. The van der Waals surface area contributed by atoms with Crippen LogP contribution in [0.5, 0.6) is 0 Å². The molecule has 94 valence electrons. The van der Waals surface area contributed by atoms with Gasteiger partial charge >= 0.3 is 0 Å². The first kappa shape index (κ1) is 13.3. The van der Waals surface area contributed by atoms with E-state index >= 15 is 0 Å². The molecular weight excluding hydrogens is 256 g/mol. The minimum absolute atomic E-state index is 0.0226. The van der Waals surface area contributed by atoms with Gasteiger partial charge in [0.25, 0.3) is 0 Å². The monoisotopic (exact) mass is 268 g/mol. The van der Waals surface area contributed by atoms with Crippen molar-refractivity contribution in [2.45, 2.75) is 0 Å². The normalized spacial score (nSPS) is 10.6. The fourth-order valence-corrected chi connectivity index (χ4v) is 1.75. The summed E-state index contributed by atoms with van der Waals surface area (Å²) in [6, 6.07) is 14.7. The molecule has 0 spiro atoms. The van der Waals surface area contributed by atoms with Gasteiger partial charge in [-0.05, 0) is 29.3 Å². The Morgan fingerprint density at radius 1 is 0.947 bits per heavy atom. The number of ketones is 1. The maximum atomic E-state index is 11.9. The molecule has 0 aliphatic rings. The van der Waals surface area contributed by atoms with Crippen LogP contribution in [0, 0.1) is 0 Å². The number of rotatable bonds is 4. The average Bonchev–Trinajstić information content (AvgIpc) is 2.46. The molecule has 0 aliphatic heterocycles. The van der Waals surface area contributed by atoms with E-state index in [4.69, 9.17) is 11.6 Å². The van der Waals surface area contributed by atoms with Gasteiger partial charge in [0.05, 0.1) is 0 Å². The second-order valence-electron chi connectivity index (χ2n) is 4.08. The highest BCUT2D eigenvalue weighted by Crippen LogP contribution is 2.12. The Kier molecular flexibility index (Phi) is 4.32. The molecule has 2 rings (SSSR count). The Morgan fingerprint density at radius 3 is 2.11 bits per heavy atom. The summed E-state index contributed by atoms with van der Waals surface area (Å²) >= 11 is 5.80. The van der Waals surface area contributed by atoms with Crippen molar-refractivity contribution in [1.82, 2.24) is 0 Å². The van der Waals surface area contributed by atoms with Crippen LogP contribution in [-0.2, 0) is 0 Å². The molecule has 0 aliphatic carbocycles. The van der Waals surface area contributed by atoms with Crippen molar-refractivity contribution in [2.24, 2.45) is 0 Å². The van der Waals surface area contributed by atoms with Gasteiger partial charge in [-0.1, -0.05) is 66.7 Å². The number of carbonyl (C=O) groups excluding carboxylic acids is 1. The van der Waals surface area contributed by atoms with E-state index in [0.29, 0.717) is 10.6 Å². The van der Waals surface area contributed by atoms with Crippen LogP contribution in [-0.4, -0.2) is 5.78 Å². The molecule has 1 nitrogen and oxygen atoms in total. The van der Waals surface area contributed by atoms with Gasteiger partial charge in [0, 0.05) is 10.6 Å². The topological polar surface area (TPSA) is 17.1 Å². The standard InChI is InChI=1S/C17H13ClO/c1-2-13-3-8-15(9-4-13)17(19)12-7-14-5-10-16(18)11-6-14/h2-12H,1H2. The van der Waals surface area contributed by atoms with Crippen molar-refractivity contribution in [1.29, 1.82) is 0 Å². The van der Waals surface area contributed by atoms with E-state index in [2.05, 4.69) is 6.58 Å². The second kappa shape index (κ2) is 6.17. The van der Waals surface area contributed by atoms with Gasteiger partial charge in [0.1, 0.15) is 0 Å². The zero-order chi connectivity index (χ0) is 13.7. The number of hydrogen-bond donors (Lipinski definition) is 0. The third-order valence-electron chi connectivity index (χ3n) is 2.73. The molecule has 0 fully saturated rings. The molecule has 0 saturated carbocycles. The van der Waals surface area contributed by atoms with Crippen molar-refractivity contribution in [3.05, 3.63) is 82.9 Å². The molecule has 0 unspecified atom stereocenters. The molecule has 0 aromatic heterocycles. The van der Waals surface area contributed by atoms with Crippen LogP contribution in [0.4, 0.5) is 0 Å². The zero-order valence-electron chi connectivity index (χ0n) is 10.3. The Labute approximate surface area is 117 Å². The molecule has 2 aromatic carbocycles. The van der Waals surface area contributed by atoms with Crippen LogP contribution in [0.15, 0.2) is 61.2 Å². The van der Waals surface area contributed by atoms with Crippen molar-refractivity contribution in [3.63, 3.8) is 0 Å². The van der Waals surface area contributed by atoms with Gasteiger partial charge in [0.2, 0.25) is 0 Å². The summed E-state index contributed by atoms with van der Waals surface area (Å²) in [5.74, 6) is -0.0226. The first-order valence-corrected chi connectivity index (χ1v) is 6.27. The van der Waals surface area contributed by atoms with E-state index < -0.39 is 0 Å². The highest BCUT2D eigenvalue weighted by Gasteiger charge is 2.00. The summed E-state index contributed by atoms with van der Waals surface area (Å²) in [6.07, 6.45) is 5.09. The largest absolute Gasteiger partial charge is 0.289 e. The summed E-state index contributed by atoms with van der Waals surface area (Å²) in [4.78, 5) is 11.9. The van der Waals surface area contributed by atoms with E-state index in [1.165, 1.54) is 0 Å². The third kappa shape index (κ3) is 3.67. The smallest absolute Gasteiger partial charge is 0.185 e. The fourth-order valence-electron chi connectivity index (χ4n) is 1.63. The van der Waals surface area contributed by atoms with Gasteiger partial charge in [-0.25, -0.2) is 0 Å². The van der Waals surface area contributed by atoms with E-state index in [0.717, 1.165) is 11.1 Å². The Bertz CT molecular complexity index is 607. The molecule has 0 N–H and O–H groups in total. The summed E-state index contributed by atoms with van der Waals surface area (Å²) in [5, 5.41) is 0.684. The predicted octanol–water partition coefficient (Wildman–Crippen LogP) is 4.88. The second-order valence-corrected chi connectivity index (χ2v) is 4.51. The van der Waals surface area contributed by atoms with Gasteiger partial charge < -0.3 is 0 Å².